The van der Waals surface area contributed by atoms with Gasteiger partial charge >= 0.3 is 0 Å². The fraction of sp³-hybridized carbons (Fsp3) is 1.00. The molecule has 1 N–H and O–H groups in total. The molecule has 0 aliphatic carbocycles. The van der Waals surface area contributed by atoms with Crippen molar-refractivity contribution in [3.05, 3.63) is 0 Å². The highest BCUT2D eigenvalue weighted by molar-refractivity contribution is 4.78. The molecule has 1 saturated heterocycles. The van der Waals surface area contributed by atoms with Gasteiger partial charge in [0.2, 0.25) is 0 Å². The van der Waals surface area contributed by atoms with Gasteiger partial charge in [-0.15, -0.1) is 0 Å². The zero-order valence-electron chi connectivity index (χ0n) is 12.6. The van der Waals surface area contributed by atoms with E-state index in [2.05, 4.69) is 44.8 Å². The number of nitrogens with zero attached hydrogens (tertiary/aromatic N) is 1. The molecule has 0 aromatic carbocycles. The molecule has 0 amide bonds. The first-order valence-corrected chi connectivity index (χ1v) is 7.41. The van der Waals surface area contributed by atoms with Crippen molar-refractivity contribution >= 4 is 0 Å². The molecule has 2 atom stereocenters. The lowest BCUT2D eigenvalue weighted by molar-refractivity contribution is 0.107. The average molecular weight is 240 g/mol. The van der Waals surface area contributed by atoms with Gasteiger partial charge < -0.3 is 5.32 Å². The Morgan fingerprint density at radius 2 is 2.00 bits per heavy atom. The molecular weight excluding hydrogens is 208 g/mol. The molecule has 0 bridgehead atoms. The van der Waals surface area contributed by atoms with E-state index < -0.39 is 0 Å². The van der Waals surface area contributed by atoms with E-state index in [1.54, 1.807) is 0 Å². The lowest BCUT2D eigenvalue weighted by Crippen LogP contribution is -2.44. The SMILES string of the molecule is CC1CCCCN1C(C)CCCNC(C)(C)C. The zero-order chi connectivity index (χ0) is 12.9. The minimum absolute atomic E-state index is 0.266. The Hall–Kier alpha value is -0.0800. The van der Waals surface area contributed by atoms with Crippen molar-refractivity contribution in [2.45, 2.75) is 84.3 Å². The first kappa shape index (κ1) is 15.0. The molecule has 17 heavy (non-hydrogen) atoms. The second kappa shape index (κ2) is 6.75. The normalized spacial score (nSPS) is 24.9. The Morgan fingerprint density at radius 1 is 1.29 bits per heavy atom. The summed E-state index contributed by atoms with van der Waals surface area (Å²) in [6, 6.07) is 1.56. The molecular formula is C15H32N2. The van der Waals surface area contributed by atoms with Crippen LogP contribution in [0.2, 0.25) is 0 Å². The van der Waals surface area contributed by atoms with E-state index in [1.807, 2.05) is 0 Å². The first-order valence-electron chi connectivity index (χ1n) is 7.41. The van der Waals surface area contributed by atoms with Gasteiger partial charge in [0, 0.05) is 17.6 Å². The van der Waals surface area contributed by atoms with Crippen molar-refractivity contribution in [2.24, 2.45) is 0 Å². The minimum Gasteiger partial charge on any atom is -0.312 e. The van der Waals surface area contributed by atoms with E-state index in [0.717, 1.165) is 18.6 Å². The quantitative estimate of drug-likeness (QED) is 0.741. The summed E-state index contributed by atoms with van der Waals surface area (Å²) in [5.41, 5.74) is 0.266. The lowest BCUT2D eigenvalue weighted by atomic mass is 9.99. The molecule has 0 aromatic rings. The van der Waals surface area contributed by atoms with Crippen LogP contribution in [-0.2, 0) is 0 Å². The summed E-state index contributed by atoms with van der Waals surface area (Å²) < 4.78 is 0. The van der Waals surface area contributed by atoms with E-state index >= 15 is 0 Å². The van der Waals surface area contributed by atoms with Crippen LogP contribution >= 0.6 is 0 Å². The summed E-state index contributed by atoms with van der Waals surface area (Å²) in [7, 11) is 0. The third kappa shape index (κ3) is 5.87. The molecule has 1 aliphatic heterocycles. The maximum Gasteiger partial charge on any atom is 0.00965 e. The van der Waals surface area contributed by atoms with E-state index in [-0.39, 0.29) is 5.54 Å². The predicted molar refractivity (Wildman–Crippen MR) is 76.5 cm³/mol. The summed E-state index contributed by atoms with van der Waals surface area (Å²) in [5.74, 6) is 0. The molecule has 1 heterocycles. The van der Waals surface area contributed by atoms with Crippen LogP contribution in [0.1, 0.15) is 66.7 Å². The van der Waals surface area contributed by atoms with E-state index in [0.29, 0.717) is 0 Å². The van der Waals surface area contributed by atoms with Gasteiger partial charge in [0.15, 0.2) is 0 Å². The van der Waals surface area contributed by atoms with Gasteiger partial charge in [0.25, 0.3) is 0 Å². The lowest BCUT2D eigenvalue weighted by Gasteiger charge is -2.38. The number of likely N-dealkylation sites (tertiary alicyclic amines) is 1. The van der Waals surface area contributed by atoms with Crippen molar-refractivity contribution in [1.82, 2.24) is 10.2 Å². The minimum atomic E-state index is 0.266. The van der Waals surface area contributed by atoms with Crippen molar-refractivity contribution in [3.8, 4) is 0 Å². The number of nitrogens with one attached hydrogen (secondary N) is 1. The van der Waals surface area contributed by atoms with E-state index in [4.69, 9.17) is 0 Å². The highest BCUT2D eigenvalue weighted by Crippen LogP contribution is 2.20. The standard InChI is InChI=1S/C15H32N2/c1-13-9-6-7-12-17(13)14(2)10-8-11-16-15(3,4)5/h13-14,16H,6-12H2,1-5H3. The van der Waals surface area contributed by atoms with Gasteiger partial charge in [-0.2, -0.15) is 0 Å². The van der Waals surface area contributed by atoms with Crippen LogP contribution in [0.15, 0.2) is 0 Å². The first-order chi connectivity index (χ1) is 7.90. The molecule has 102 valence electrons. The molecule has 1 aliphatic rings. The van der Waals surface area contributed by atoms with Crippen molar-refractivity contribution in [3.63, 3.8) is 0 Å². The molecule has 0 saturated carbocycles. The molecule has 0 aromatic heterocycles. The Bertz CT molecular complexity index is 207. The fourth-order valence-corrected chi connectivity index (χ4v) is 2.80. The van der Waals surface area contributed by atoms with Gasteiger partial charge in [-0.3, -0.25) is 4.90 Å². The number of piperidine rings is 1. The van der Waals surface area contributed by atoms with Crippen LogP contribution in [-0.4, -0.2) is 35.6 Å². The topological polar surface area (TPSA) is 15.3 Å². The van der Waals surface area contributed by atoms with Crippen LogP contribution in [0.3, 0.4) is 0 Å². The monoisotopic (exact) mass is 240 g/mol. The van der Waals surface area contributed by atoms with Gasteiger partial charge in [-0.1, -0.05) is 6.42 Å². The summed E-state index contributed by atoms with van der Waals surface area (Å²) in [5, 5.41) is 3.57. The summed E-state index contributed by atoms with van der Waals surface area (Å²) >= 11 is 0. The highest BCUT2D eigenvalue weighted by atomic mass is 15.2. The Balaban J connectivity index is 2.17. The molecule has 2 nitrogen and oxygen atoms in total. The highest BCUT2D eigenvalue weighted by Gasteiger charge is 2.22. The summed E-state index contributed by atoms with van der Waals surface area (Å²) in [6.45, 7) is 14.0. The van der Waals surface area contributed by atoms with Crippen LogP contribution < -0.4 is 5.32 Å². The third-order valence-corrected chi connectivity index (χ3v) is 3.87. The van der Waals surface area contributed by atoms with Gasteiger partial charge in [-0.05, 0) is 73.4 Å². The largest absolute Gasteiger partial charge is 0.312 e. The molecule has 2 unspecified atom stereocenters. The summed E-state index contributed by atoms with van der Waals surface area (Å²) in [4.78, 5) is 2.71. The molecule has 1 rings (SSSR count). The Morgan fingerprint density at radius 3 is 2.59 bits per heavy atom. The van der Waals surface area contributed by atoms with Crippen LogP contribution in [0.5, 0.6) is 0 Å². The number of hydrogen-bond acceptors (Lipinski definition) is 2. The number of hydrogen-bond donors (Lipinski definition) is 1. The van der Waals surface area contributed by atoms with Crippen LogP contribution in [0, 0.1) is 0 Å². The predicted octanol–water partition coefficient (Wildman–Crippen LogP) is 3.42. The smallest absolute Gasteiger partial charge is 0.00965 e. The van der Waals surface area contributed by atoms with Crippen LogP contribution in [0.4, 0.5) is 0 Å². The summed E-state index contributed by atoms with van der Waals surface area (Å²) in [6.07, 6.45) is 6.84. The second-order valence-corrected chi connectivity index (χ2v) is 6.75. The van der Waals surface area contributed by atoms with Crippen molar-refractivity contribution in [1.29, 1.82) is 0 Å². The van der Waals surface area contributed by atoms with Gasteiger partial charge in [0.1, 0.15) is 0 Å². The van der Waals surface area contributed by atoms with E-state index in [1.165, 1.54) is 38.6 Å². The Kier molecular flexibility index (Phi) is 5.94. The molecule has 2 heteroatoms. The number of rotatable bonds is 5. The average Bonchev–Trinajstić information content (AvgIpc) is 2.23. The zero-order valence-corrected chi connectivity index (χ0v) is 12.6. The van der Waals surface area contributed by atoms with Gasteiger partial charge in [-0.25, -0.2) is 0 Å². The second-order valence-electron chi connectivity index (χ2n) is 6.75. The van der Waals surface area contributed by atoms with Crippen molar-refractivity contribution < 1.29 is 0 Å². The molecule has 0 spiro atoms. The molecule has 1 fully saturated rings. The third-order valence-electron chi connectivity index (χ3n) is 3.87. The maximum atomic E-state index is 3.57. The van der Waals surface area contributed by atoms with Crippen molar-refractivity contribution in [2.75, 3.05) is 13.1 Å². The van der Waals surface area contributed by atoms with E-state index in [9.17, 15) is 0 Å². The maximum absolute atomic E-state index is 3.57. The van der Waals surface area contributed by atoms with Gasteiger partial charge in [0.05, 0.1) is 0 Å². The fourth-order valence-electron chi connectivity index (χ4n) is 2.80. The Labute approximate surface area is 108 Å². The molecule has 0 radical (unpaired) electrons. The van der Waals surface area contributed by atoms with Crippen LogP contribution in [0.25, 0.3) is 0 Å².